The molecule has 0 aliphatic heterocycles. The molecule has 1 nitrogen and oxygen atoms in total. The molecule has 0 aromatic heterocycles. The lowest BCUT2D eigenvalue weighted by Gasteiger charge is -2.41. The second kappa shape index (κ2) is 7.53. The highest BCUT2D eigenvalue weighted by molar-refractivity contribution is 4.85. The van der Waals surface area contributed by atoms with Gasteiger partial charge in [-0.15, -0.1) is 0 Å². The monoisotopic (exact) mass is 253 g/mol. The van der Waals surface area contributed by atoms with Gasteiger partial charge in [-0.05, 0) is 55.4 Å². The van der Waals surface area contributed by atoms with E-state index in [0.717, 1.165) is 29.6 Å². The SMILES string of the molecule is CCC(C)C1CC(C(C)C)CCC1CNC(C)C. The fourth-order valence-corrected chi connectivity index (χ4v) is 3.55. The van der Waals surface area contributed by atoms with Crippen molar-refractivity contribution in [3.05, 3.63) is 0 Å². The molecule has 0 bridgehead atoms. The first kappa shape index (κ1) is 16.0. The molecule has 0 heterocycles. The van der Waals surface area contributed by atoms with Crippen LogP contribution in [0.25, 0.3) is 0 Å². The summed E-state index contributed by atoms with van der Waals surface area (Å²) < 4.78 is 0. The predicted molar refractivity (Wildman–Crippen MR) is 81.8 cm³/mol. The summed E-state index contributed by atoms with van der Waals surface area (Å²) >= 11 is 0. The summed E-state index contributed by atoms with van der Waals surface area (Å²) in [7, 11) is 0. The Morgan fingerprint density at radius 3 is 2.22 bits per heavy atom. The third-order valence-corrected chi connectivity index (χ3v) is 5.19. The Labute approximate surface area is 115 Å². The summed E-state index contributed by atoms with van der Waals surface area (Å²) in [6.45, 7) is 15.4. The first-order valence-corrected chi connectivity index (χ1v) is 8.19. The first-order chi connectivity index (χ1) is 8.45. The van der Waals surface area contributed by atoms with Gasteiger partial charge in [0.25, 0.3) is 0 Å². The van der Waals surface area contributed by atoms with E-state index < -0.39 is 0 Å². The van der Waals surface area contributed by atoms with Crippen molar-refractivity contribution in [2.24, 2.45) is 29.6 Å². The van der Waals surface area contributed by atoms with Gasteiger partial charge in [-0.25, -0.2) is 0 Å². The van der Waals surface area contributed by atoms with Gasteiger partial charge in [0.2, 0.25) is 0 Å². The molecule has 0 amide bonds. The molecule has 0 aromatic rings. The summed E-state index contributed by atoms with van der Waals surface area (Å²) in [6.07, 6.45) is 5.71. The fraction of sp³-hybridized carbons (Fsp3) is 1.00. The molecule has 1 aliphatic carbocycles. The van der Waals surface area contributed by atoms with Crippen LogP contribution in [-0.2, 0) is 0 Å². The van der Waals surface area contributed by atoms with Crippen molar-refractivity contribution in [3.8, 4) is 0 Å². The van der Waals surface area contributed by atoms with Crippen LogP contribution in [0.1, 0.15) is 67.2 Å². The van der Waals surface area contributed by atoms with Crippen molar-refractivity contribution < 1.29 is 0 Å². The van der Waals surface area contributed by atoms with E-state index in [1.807, 2.05) is 0 Å². The Hall–Kier alpha value is -0.0400. The van der Waals surface area contributed by atoms with Gasteiger partial charge >= 0.3 is 0 Å². The van der Waals surface area contributed by atoms with Gasteiger partial charge in [0, 0.05) is 6.04 Å². The van der Waals surface area contributed by atoms with Gasteiger partial charge in [0.05, 0.1) is 0 Å². The highest BCUT2D eigenvalue weighted by Crippen LogP contribution is 2.41. The van der Waals surface area contributed by atoms with Crippen molar-refractivity contribution >= 4 is 0 Å². The van der Waals surface area contributed by atoms with Gasteiger partial charge < -0.3 is 5.32 Å². The van der Waals surface area contributed by atoms with Crippen LogP contribution in [0.2, 0.25) is 0 Å². The molecule has 1 heteroatoms. The van der Waals surface area contributed by atoms with Crippen molar-refractivity contribution in [2.45, 2.75) is 73.3 Å². The Morgan fingerprint density at radius 2 is 1.72 bits per heavy atom. The molecule has 1 rings (SSSR count). The van der Waals surface area contributed by atoms with E-state index in [0.29, 0.717) is 6.04 Å². The number of hydrogen-bond acceptors (Lipinski definition) is 1. The molecule has 1 N–H and O–H groups in total. The molecule has 1 saturated carbocycles. The molecule has 108 valence electrons. The Bertz CT molecular complexity index is 222. The minimum absolute atomic E-state index is 0.630. The van der Waals surface area contributed by atoms with Crippen LogP contribution in [0.3, 0.4) is 0 Å². The molecule has 4 atom stereocenters. The van der Waals surface area contributed by atoms with Gasteiger partial charge in [-0.2, -0.15) is 0 Å². The molecule has 0 radical (unpaired) electrons. The van der Waals surface area contributed by atoms with Crippen molar-refractivity contribution in [1.29, 1.82) is 0 Å². The highest BCUT2D eigenvalue weighted by atomic mass is 14.9. The zero-order valence-corrected chi connectivity index (χ0v) is 13.5. The third kappa shape index (κ3) is 4.57. The maximum atomic E-state index is 3.67. The predicted octanol–water partition coefficient (Wildman–Crippen LogP) is 4.72. The molecule has 18 heavy (non-hydrogen) atoms. The number of hydrogen-bond donors (Lipinski definition) is 1. The maximum Gasteiger partial charge on any atom is 0.00104 e. The van der Waals surface area contributed by atoms with E-state index in [1.54, 1.807) is 0 Å². The summed E-state index contributed by atoms with van der Waals surface area (Å²) in [5.41, 5.74) is 0. The molecule has 1 aliphatic rings. The lowest BCUT2D eigenvalue weighted by molar-refractivity contribution is 0.100. The molecular weight excluding hydrogens is 218 g/mol. The van der Waals surface area contributed by atoms with Crippen molar-refractivity contribution in [1.82, 2.24) is 5.32 Å². The number of rotatable bonds is 6. The minimum atomic E-state index is 0.630. The topological polar surface area (TPSA) is 12.0 Å². The van der Waals surface area contributed by atoms with E-state index >= 15 is 0 Å². The summed E-state index contributed by atoms with van der Waals surface area (Å²) in [5, 5.41) is 3.67. The van der Waals surface area contributed by atoms with Crippen LogP contribution in [0.4, 0.5) is 0 Å². The molecule has 0 spiro atoms. The fourth-order valence-electron chi connectivity index (χ4n) is 3.55. The van der Waals surface area contributed by atoms with Crippen LogP contribution in [0.5, 0.6) is 0 Å². The minimum Gasteiger partial charge on any atom is -0.314 e. The first-order valence-electron chi connectivity index (χ1n) is 8.19. The second-order valence-corrected chi connectivity index (χ2v) is 7.19. The van der Waals surface area contributed by atoms with Crippen LogP contribution in [-0.4, -0.2) is 12.6 Å². The highest BCUT2D eigenvalue weighted by Gasteiger charge is 2.33. The van der Waals surface area contributed by atoms with Crippen LogP contribution in [0.15, 0.2) is 0 Å². The largest absolute Gasteiger partial charge is 0.314 e. The number of nitrogens with one attached hydrogen (secondary N) is 1. The lowest BCUT2D eigenvalue weighted by Crippen LogP contribution is -2.39. The molecule has 0 saturated heterocycles. The van der Waals surface area contributed by atoms with E-state index in [-0.39, 0.29) is 0 Å². The van der Waals surface area contributed by atoms with Gasteiger partial charge in [0.15, 0.2) is 0 Å². The van der Waals surface area contributed by atoms with Crippen molar-refractivity contribution in [2.75, 3.05) is 6.54 Å². The van der Waals surface area contributed by atoms with Gasteiger partial charge in [-0.3, -0.25) is 0 Å². The Balaban J connectivity index is 2.59. The molecule has 0 aromatic carbocycles. The normalized spacial score (nSPS) is 31.0. The Morgan fingerprint density at radius 1 is 1.06 bits per heavy atom. The second-order valence-electron chi connectivity index (χ2n) is 7.19. The van der Waals surface area contributed by atoms with E-state index in [9.17, 15) is 0 Å². The van der Waals surface area contributed by atoms with E-state index in [2.05, 4.69) is 46.9 Å². The molecule has 4 unspecified atom stereocenters. The summed E-state index contributed by atoms with van der Waals surface area (Å²) in [6, 6.07) is 0.630. The summed E-state index contributed by atoms with van der Waals surface area (Å²) in [4.78, 5) is 0. The average molecular weight is 253 g/mol. The van der Waals surface area contributed by atoms with Gasteiger partial charge in [-0.1, -0.05) is 48.0 Å². The zero-order valence-electron chi connectivity index (χ0n) is 13.5. The molecular formula is C17H35N. The third-order valence-electron chi connectivity index (χ3n) is 5.19. The quantitative estimate of drug-likeness (QED) is 0.722. The van der Waals surface area contributed by atoms with E-state index in [1.165, 1.54) is 32.2 Å². The standard InChI is InChI=1S/C17H35N/c1-7-14(6)17-10-15(12(2)3)8-9-16(17)11-18-13(4)5/h12-18H,7-11H2,1-6H3. The average Bonchev–Trinajstić information content (AvgIpc) is 2.34. The maximum absolute atomic E-state index is 3.67. The van der Waals surface area contributed by atoms with Crippen LogP contribution >= 0.6 is 0 Å². The van der Waals surface area contributed by atoms with E-state index in [4.69, 9.17) is 0 Å². The Kier molecular flexibility index (Phi) is 6.70. The van der Waals surface area contributed by atoms with Crippen LogP contribution < -0.4 is 5.32 Å². The smallest absolute Gasteiger partial charge is 0.00104 e. The van der Waals surface area contributed by atoms with Crippen LogP contribution in [0, 0.1) is 29.6 Å². The lowest BCUT2D eigenvalue weighted by atomic mass is 9.66. The van der Waals surface area contributed by atoms with Crippen molar-refractivity contribution in [3.63, 3.8) is 0 Å². The van der Waals surface area contributed by atoms with Gasteiger partial charge in [0.1, 0.15) is 0 Å². The molecule has 1 fully saturated rings. The summed E-state index contributed by atoms with van der Waals surface area (Å²) in [5.74, 6) is 4.60. The zero-order chi connectivity index (χ0) is 13.7.